The molecule has 0 aliphatic heterocycles. The lowest BCUT2D eigenvalue weighted by atomic mass is 10.2. The van der Waals surface area contributed by atoms with Crippen molar-refractivity contribution in [3.8, 4) is 0 Å². The first-order valence-corrected chi connectivity index (χ1v) is 4.06. The van der Waals surface area contributed by atoms with E-state index < -0.39 is 5.97 Å². The van der Waals surface area contributed by atoms with E-state index in [1.54, 1.807) is 12.1 Å². The van der Waals surface area contributed by atoms with Crippen molar-refractivity contribution in [2.45, 2.75) is 6.92 Å². The van der Waals surface area contributed by atoms with Crippen LogP contribution in [0.5, 0.6) is 0 Å². The topological polar surface area (TPSA) is 53.4 Å². The number of carboxylic acids is 1. The fourth-order valence-corrected chi connectivity index (χ4v) is 1.04. The van der Waals surface area contributed by atoms with Crippen LogP contribution in [-0.4, -0.2) is 29.7 Å². The molecule has 70 valence electrons. The summed E-state index contributed by atoms with van der Waals surface area (Å²) in [6, 6.07) is 3.48. The Balaban J connectivity index is 3.11. The van der Waals surface area contributed by atoms with Gasteiger partial charge in [0.1, 0.15) is 0 Å². The summed E-state index contributed by atoms with van der Waals surface area (Å²) >= 11 is 0. The van der Waals surface area contributed by atoms with Gasteiger partial charge >= 0.3 is 5.97 Å². The van der Waals surface area contributed by atoms with Crippen LogP contribution in [0.1, 0.15) is 17.4 Å². The van der Waals surface area contributed by atoms with Gasteiger partial charge in [0.2, 0.25) is 0 Å². The third kappa shape index (κ3) is 1.96. The third-order valence-electron chi connectivity index (χ3n) is 1.87. The molecule has 0 bridgehead atoms. The van der Waals surface area contributed by atoms with E-state index >= 15 is 0 Å². The summed E-state index contributed by atoms with van der Waals surface area (Å²) in [4.78, 5) is 16.4. The van der Waals surface area contributed by atoms with Crippen molar-refractivity contribution in [2.24, 2.45) is 0 Å². The maximum Gasteiger partial charge on any atom is 0.356 e. The second-order valence-electron chi connectivity index (χ2n) is 2.69. The van der Waals surface area contributed by atoms with Crippen molar-refractivity contribution in [1.82, 2.24) is 4.98 Å². The number of aromatic carboxylic acids is 1. The molecule has 1 N–H and O–H groups in total. The molecule has 1 heterocycles. The number of pyridine rings is 1. The number of carboxylic acid groups (broad SMARTS) is 1. The van der Waals surface area contributed by atoms with Gasteiger partial charge in [-0.3, -0.25) is 0 Å². The Hall–Kier alpha value is -1.58. The Morgan fingerprint density at radius 1 is 1.69 bits per heavy atom. The fraction of sp³-hybridized carbons (Fsp3) is 0.333. The number of aromatic nitrogens is 1. The summed E-state index contributed by atoms with van der Waals surface area (Å²) in [6.45, 7) is 2.71. The average Bonchev–Trinajstić information content (AvgIpc) is 2.16. The zero-order valence-corrected chi connectivity index (χ0v) is 7.69. The van der Waals surface area contributed by atoms with E-state index in [9.17, 15) is 4.79 Å². The van der Waals surface area contributed by atoms with E-state index in [-0.39, 0.29) is 5.69 Å². The quantitative estimate of drug-likeness (QED) is 0.760. The highest BCUT2D eigenvalue weighted by molar-refractivity contribution is 5.92. The fourth-order valence-electron chi connectivity index (χ4n) is 1.04. The van der Waals surface area contributed by atoms with Crippen molar-refractivity contribution in [2.75, 3.05) is 18.5 Å². The molecular weight excluding hydrogens is 168 g/mol. The lowest BCUT2D eigenvalue weighted by Crippen LogP contribution is -2.19. The number of hydrogen-bond acceptors (Lipinski definition) is 3. The molecule has 4 heteroatoms. The first-order chi connectivity index (χ1) is 6.16. The van der Waals surface area contributed by atoms with E-state index in [1.807, 2.05) is 18.9 Å². The molecule has 0 aromatic carbocycles. The van der Waals surface area contributed by atoms with Gasteiger partial charge in [-0.15, -0.1) is 0 Å². The van der Waals surface area contributed by atoms with Gasteiger partial charge in [0.15, 0.2) is 5.69 Å². The Kier molecular flexibility index (Phi) is 2.84. The van der Waals surface area contributed by atoms with Crippen LogP contribution < -0.4 is 4.90 Å². The molecule has 1 aromatic heterocycles. The van der Waals surface area contributed by atoms with E-state index in [2.05, 4.69) is 4.98 Å². The highest BCUT2D eigenvalue weighted by Gasteiger charge is 2.12. The predicted octanol–water partition coefficient (Wildman–Crippen LogP) is 1.24. The van der Waals surface area contributed by atoms with Crippen molar-refractivity contribution in [3.63, 3.8) is 0 Å². The molecule has 0 radical (unpaired) electrons. The molecule has 4 nitrogen and oxygen atoms in total. The second-order valence-corrected chi connectivity index (χ2v) is 2.69. The molecule has 0 aliphatic rings. The second kappa shape index (κ2) is 3.89. The van der Waals surface area contributed by atoms with E-state index in [1.165, 1.54) is 6.20 Å². The molecule has 0 spiro atoms. The van der Waals surface area contributed by atoms with Gasteiger partial charge in [0, 0.05) is 19.8 Å². The minimum atomic E-state index is -0.990. The Labute approximate surface area is 76.8 Å². The van der Waals surface area contributed by atoms with Gasteiger partial charge in [0.05, 0.1) is 5.69 Å². The van der Waals surface area contributed by atoms with Crippen molar-refractivity contribution in [3.05, 3.63) is 24.0 Å². The molecule has 0 atom stereocenters. The molecule has 1 aromatic rings. The first kappa shape index (κ1) is 9.51. The molecule has 0 fully saturated rings. The van der Waals surface area contributed by atoms with Crippen LogP contribution in [0.4, 0.5) is 5.69 Å². The maximum atomic E-state index is 10.8. The van der Waals surface area contributed by atoms with Gasteiger partial charge in [-0.2, -0.15) is 0 Å². The molecule has 0 unspecified atom stereocenters. The van der Waals surface area contributed by atoms with Gasteiger partial charge in [-0.25, -0.2) is 9.78 Å². The molecular formula is C9H12N2O2. The summed E-state index contributed by atoms with van der Waals surface area (Å²) in [5.41, 5.74) is 0.754. The molecule has 1 rings (SSSR count). The van der Waals surface area contributed by atoms with Gasteiger partial charge in [0.25, 0.3) is 0 Å². The van der Waals surface area contributed by atoms with Crippen molar-refractivity contribution >= 4 is 11.7 Å². The summed E-state index contributed by atoms with van der Waals surface area (Å²) in [5.74, 6) is -0.990. The van der Waals surface area contributed by atoms with E-state index in [0.29, 0.717) is 5.69 Å². The maximum absolute atomic E-state index is 10.8. The predicted molar refractivity (Wildman–Crippen MR) is 50.1 cm³/mol. The van der Waals surface area contributed by atoms with Crippen molar-refractivity contribution < 1.29 is 9.90 Å². The largest absolute Gasteiger partial charge is 0.476 e. The van der Waals surface area contributed by atoms with Crippen LogP contribution in [0, 0.1) is 0 Å². The van der Waals surface area contributed by atoms with E-state index in [4.69, 9.17) is 5.11 Å². The lowest BCUT2D eigenvalue weighted by Gasteiger charge is -2.17. The Bertz CT molecular complexity index is 312. The zero-order chi connectivity index (χ0) is 9.84. The standard InChI is InChI=1S/C9H12N2O2/c1-3-11(2)7-5-4-6-10-8(7)9(12)13/h4-6H,3H2,1-2H3,(H,12,13). The van der Waals surface area contributed by atoms with Gasteiger partial charge in [-0.1, -0.05) is 0 Å². The monoisotopic (exact) mass is 180 g/mol. The smallest absolute Gasteiger partial charge is 0.356 e. The zero-order valence-electron chi connectivity index (χ0n) is 7.69. The van der Waals surface area contributed by atoms with Gasteiger partial charge in [-0.05, 0) is 19.1 Å². The number of anilines is 1. The van der Waals surface area contributed by atoms with Crippen molar-refractivity contribution in [1.29, 1.82) is 0 Å². The van der Waals surface area contributed by atoms with Crippen LogP contribution >= 0.6 is 0 Å². The average molecular weight is 180 g/mol. The number of hydrogen-bond donors (Lipinski definition) is 1. The van der Waals surface area contributed by atoms with Crippen LogP contribution in [0.15, 0.2) is 18.3 Å². The number of carbonyl (C=O) groups is 1. The molecule has 13 heavy (non-hydrogen) atoms. The summed E-state index contributed by atoms with van der Waals surface area (Å²) in [7, 11) is 1.84. The molecule has 0 aliphatic carbocycles. The van der Waals surface area contributed by atoms with Crippen LogP contribution in [-0.2, 0) is 0 Å². The summed E-state index contributed by atoms with van der Waals surface area (Å²) < 4.78 is 0. The molecule has 0 saturated heterocycles. The highest BCUT2D eigenvalue weighted by Crippen LogP contribution is 2.15. The Morgan fingerprint density at radius 2 is 2.38 bits per heavy atom. The highest BCUT2D eigenvalue weighted by atomic mass is 16.4. The Morgan fingerprint density at radius 3 is 2.92 bits per heavy atom. The van der Waals surface area contributed by atoms with Gasteiger partial charge < -0.3 is 10.0 Å². The third-order valence-corrected chi connectivity index (χ3v) is 1.87. The minimum Gasteiger partial charge on any atom is -0.476 e. The SMILES string of the molecule is CCN(C)c1cccnc1C(=O)O. The molecule has 0 amide bonds. The van der Waals surface area contributed by atoms with Crippen LogP contribution in [0.25, 0.3) is 0 Å². The number of rotatable bonds is 3. The lowest BCUT2D eigenvalue weighted by molar-refractivity contribution is 0.0691. The molecule has 0 saturated carbocycles. The summed E-state index contributed by atoms with van der Waals surface area (Å²) in [5, 5.41) is 8.82. The van der Waals surface area contributed by atoms with Crippen LogP contribution in [0.3, 0.4) is 0 Å². The first-order valence-electron chi connectivity index (χ1n) is 4.06. The normalized spacial score (nSPS) is 9.69. The summed E-state index contributed by atoms with van der Waals surface area (Å²) in [6.07, 6.45) is 1.48. The minimum absolute atomic E-state index is 0.104. The number of nitrogens with zero attached hydrogens (tertiary/aromatic N) is 2. The van der Waals surface area contributed by atoms with Crippen LogP contribution in [0.2, 0.25) is 0 Å². The van der Waals surface area contributed by atoms with E-state index in [0.717, 1.165) is 6.54 Å².